The van der Waals surface area contributed by atoms with E-state index in [1.54, 1.807) is 18.5 Å². The van der Waals surface area contributed by atoms with Crippen LogP contribution in [0.3, 0.4) is 0 Å². The summed E-state index contributed by atoms with van der Waals surface area (Å²) in [6.45, 7) is 0.408. The molecule has 1 aromatic heterocycles. The first-order chi connectivity index (χ1) is 7.70. The monoisotopic (exact) mass is 281 g/mol. The Hall–Kier alpha value is -1.33. The van der Waals surface area contributed by atoms with Gasteiger partial charge in [-0.3, -0.25) is 0 Å². The Morgan fingerprint density at radius 3 is 2.50 bits per heavy atom. The largest absolute Gasteiger partial charge is 0.326 e. The molecular formula is C11H9BrFN3. The van der Waals surface area contributed by atoms with Gasteiger partial charge in [-0.15, -0.1) is 0 Å². The van der Waals surface area contributed by atoms with E-state index in [4.69, 9.17) is 5.73 Å². The van der Waals surface area contributed by atoms with Crippen molar-refractivity contribution in [2.24, 2.45) is 5.73 Å². The summed E-state index contributed by atoms with van der Waals surface area (Å²) in [4.78, 5) is 8.33. The topological polar surface area (TPSA) is 51.8 Å². The van der Waals surface area contributed by atoms with Crippen LogP contribution in [-0.4, -0.2) is 9.97 Å². The second-order valence-electron chi connectivity index (χ2n) is 3.24. The summed E-state index contributed by atoms with van der Waals surface area (Å²) in [7, 11) is 0. The summed E-state index contributed by atoms with van der Waals surface area (Å²) in [6, 6.07) is 4.40. The van der Waals surface area contributed by atoms with Crippen LogP contribution in [0.15, 0.2) is 35.1 Å². The van der Waals surface area contributed by atoms with E-state index in [1.165, 1.54) is 12.1 Å². The predicted octanol–water partition coefficient (Wildman–Crippen LogP) is 2.50. The maximum absolute atomic E-state index is 12.9. The fourth-order valence-corrected chi connectivity index (χ4v) is 1.80. The highest BCUT2D eigenvalue weighted by Gasteiger charge is 2.06. The first kappa shape index (κ1) is 11.2. The van der Waals surface area contributed by atoms with Crippen molar-refractivity contribution < 1.29 is 4.39 Å². The standard InChI is InChI=1S/C11H9BrFN3/c12-10-3-8(13)1-2-9(10)11-15-5-7(4-14)6-16-11/h1-3,5-6H,4,14H2. The van der Waals surface area contributed by atoms with Crippen molar-refractivity contribution in [2.75, 3.05) is 0 Å². The molecule has 0 atom stereocenters. The lowest BCUT2D eigenvalue weighted by Gasteiger charge is -2.03. The quantitative estimate of drug-likeness (QED) is 0.920. The highest BCUT2D eigenvalue weighted by atomic mass is 79.9. The molecule has 0 saturated carbocycles. The summed E-state index contributed by atoms with van der Waals surface area (Å²) >= 11 is 3.27. The average molecular weight is 282 g/mol. The summed E-state index contributed by atoms with van der Waals surface area (Å²) in [5, 5.41) is 0. The summed E-state index contributed by atoms with van der Waals surface area (Å²) in [5.74, 6) is 0.248. The maximum atomic E-state index is 12.9. The number of aromatic nitrogens is 2. The third-order valence-corrected chi connectivity index (χ3v) is 2.77. The maximum Gasteiger partial charge on any atom is 0.160 e. The van der Waals surface area contributed by atoms with Crippen LogP contribution in [-0.2, 0) is 6.54 Å². The van der Waals surface area contributed by atoms with Gasteiger partial charge in [0.25, 0.3) is 0 Å². The third kappa shape index (κ3) is 2.25. The minimum atomic E-state index is -0.297. The van der Waals surface area contributed by atoms with E-state index in [0.717, 1.165) is 11.1 Å². The molecule has 0 saturated heterocycles. The van der Waals surface area contributed by atoms with Crippen molar-refractivity contribution >= 4 is 15.9 Å². The van der Waals surface area contributed by atoms with Crippen molar-refractivity contribution in [3.05, 3.63) is 46.4 Å². The molecular weight excluding hydrogens is 273 g/mol. The predicted molar refractivity (Wildman–Crippen MR) is 63.0 cm³/mol. The van der Waals surface area contributed by atoms with Gasteiger partial charge in [0.2, 0.25) is 0 Å². The van der Waals surface area contributed by atoms with E-state index < -0.39 is 0 Å². The van der Waals surface area contributed by atoms with Crippen LogP contribution in [0.4, 0.5) is 4.39 Å². The lowest BCUT2D eigenvalue weighted by molar-refractivity contribution is 0.627. The molecule has 0 spiro atoms. The molecule has 0 radical (unpaired) electrons. The van der Waals surface area contributed by atoms with E-state index in [2.05, 4.69) is 25.9 Å². The van der Waals surface area contributed by atoms with Gasteiger partial charge in [0.15, 0.2) is 5.82 Å². The van der Waals surface area contributed by atoms with Gasteiger partial charge < -0.3 is 5.73 Å². The number of nitrogens with two attached hydrogens (primary N) is 1. The molecule has 1 heterocycles. The zero-order valence-electron chi connectivity index (χ0n) is 8.32. The van der Waals surface area contributed by atoms with Gasteiger partial charge in [0.05, 0.1) is 0 Å². The van der Waals surface area contributed by atoms with E-state index >= 15 is 0 Å². The molecule has 0 fully saturated rings. The number of hydrogen-bond acceptors (Lipinski definition) is 3. The number of halogens is 2. The molecule has 0 aliphatic heterocycles. The molecule has 0 unspecified atom stereocenters. The van der Waals surface area contributed by atoms with E-state index in [1.807, 2.05) is 0 Å². The third-order valence-electron chi connectivity index (χ3n) is 2.11. The molecule has 2 aromatic rings. The number of hydrogen-bond donors (Lipinski definition) is 1. The van der Waals surface area contributed by atoms with Crippen LogP contribution in [0.1, 0.15) is 5.56 Å². The molecule has 0 amide bonds. The van der Waals surface area contributed by atoms with Gasteiger partial charge in [0.1, 0.15) is 5.82 Å². The highest BCUT2D eigenvalue weighted by Crippen LogP contribution is 2.25. The lowest BCUT2D eigenvalue weighted by Crippen LogP contribution is -1.99. The van der Waals surface area contributed by atoms with Gasteiger partial charge in [0, 0.05) is 34.5 Å². The lowest BCUT2D eigenvalue weighted by atomic mass is 10.2. The number of benzene rings is 1. The summed E-state index contributed by atoms with van der Waals surface area (Å²) < 4.78 is 13.5. The fraction of sp³-hybridized carbons (Fsp3) is 0.0909. The van der Waals surface area contributed by atoms with Crippen molar-refractivity contribution in [1.82, 2.24) is 9.97 Å². The molecule has 0 bridgehead atoms. The van der Waals surface area contributed by atoms with Crippen molar-refractivity contribution in [2.45, 2.75) is 6.54 Å². The number of rotatable bonds is 2. The van der Waals surface area contributed by atoms with E-state index in [9.17, 15) is 4.39 Å². The van der Waals surface area contributed by atoms with Crippen LogP contribution in [0.25, 0.3) is 11.4 Å². The first-order valence-electron chi connectivity index (χ1n) is 4.67. The first-order valence-corrected chi connectivity index (χ1v) is 5.46. The van der Waals surface area contributed by atoms with Crippen LogP contribution in [0, 0.1) is 5.82 Å². The van der Waals surface area contributed by atoms with E-state index in [0.29, 0.717) is 16.8 Å². The fourth-order valence-electron chi connectivity index (χ4n) is 1.27. The minimum Gasteiger partial charge on any atom is -0.326 e. The molecule has 0 aliphatic rings. The Kier molecular flexibility index (Phi) is 3.26. The van der Waals surface area contributed by atoms with Gasteiger partial charge in [-0.2, -0.15) is 0 Å². The molecule has 16 heavy (non-hydrogen) atoms. The molecule has 0 aliphatic carbocycles. The zero-order valence-corrected chi connectivity index (χ0v) is 9.91. The van der Waals surface area contributed by atoms with Crippen molar-refractivity contribution in [3.63, 3.8) is 0 Å². The zero-order chi connectivity index (χ0) is 11.5. The Bertz CT molecular complexity index is 499. The second kappa shape index (κ2) is 4.67. The van der Waals surface area contributed by atoms with Gasteiger partial charge in [-0.25, -0.2) is 14.4 Å². The van der Waals surface area contributed by atoms with Crippen LogP contribution in [0.5, 0.6) is 0 Å². The average Bonchev–Trinajstić information content (AvgIpc) is 2.29. The minimum absolute atomic E-state index is 0.297. The summed E-state index contributed by atoms with van der Waals surface area (Å²) in [6.07, 6.45) is 3.33. The van der Waals surface area contributed by atoms with Gasteiger partial charge >= 0.3 is 0 Å². The summed E-state index contributed by atoms with van der Waals surface area (Å²) in [5.41, 5.74) is 7.07. The van der Waals surface area contributed by atoms with Crippen LogP contribution in [0.2, 0.25) is 0 Å². The number of nitrogens with zero attached hydrogens (tertiary/aromatic N) is 2. The van der Waals surface area contributed by atoms with Crippen LogP contribution < -0.4 is 5.73 Å². The molecule has 3 nitrogen and oxygen atoms in total. The van der Waals surface area contributed by atoms with Crippen molar-refractivity contribution in [3.8, 4) is 11.4 Å². The van der Waals surface area contributed by atoms with Gasteiger partial charge in [-0.05, 0) is 34.1 Å². The van der Waals surface area contributed by atoms with Gasteiger partial charge in [-0.1, -0.05) is 0 Å². The molecule has 82 valence electrons. The Morgan fingerprint density at radius 2 is 1.94 bits per heavy atom. The normalized spacial score (nSPS) is 10.4. The SMILES string of the molecule is NCc1cnc(-c2ccc(F)cc2Br)nc1. The Morgan fingerprint density at radius 1 is 1.25 bits per heavy atom. The van der Waals surface area contributed by atoms with E-state index in [-0.39, 0.29) is 5.82 Å². The molecule has 2 N–H and O–H groups in total. The molecule has 2 rings (SSSR count). The van der Waals surface area contributed by atoms with Crippen LogP contribution >= 0.6 is 15.9 Å². The Labute approximate surface area is 101 Å². The molecule has 1 aromatic carbocycles. The molecule has 5 heteroatoms. The van der Waals surface area contributed by atoms with Crippen molar-refractivity contribution in [1.29, 1.82) is 0 Å². The highest BCUT2D eigenvalue weighted by molar-refractivity contribution is 9.10. The Balaban J connectivity index is 2.42. The smallest absolute Gasteiger partial charge is 0.160 e. The second-order valence-corrected chi connectivity index (χ2v) is 4.10.